The number of esters is 2. The lowest BCUT2D eigenvalue weighted by molar-refractivity contribution is 0.0587. The van der Waals surface area contributed by atoms with Crippen molar-refractivity contribution in [1.29, 1.82) is 0 Å². The quantitative estimate of drug-likeness (QED) is 0.511. The maximum atomic E-state index is 13.8. The number of benzene rings is 2. The number of carbonyl (C=O) groups excluding carboxylic acids is 2. The van der Waals surface area contributed by atoms with E-state index in [1.807, 2.05) is 39.8 Å². The Morgan fingerprint density at radius 1 is 0.788 bits per heavy atom. The molecule has 0 saturated heterocycles. The number of ether oxygens (including phenoxy) is 2. The molecule has 180 valence electrons. The second kappa shape index (κ2) is 10.4. The minimum Gasteiger partial charge on any atom is -0.465 e. The minimum atomic E-state index is -4.13. The molecule has 2 aromatic rings. The van der Waals surface area contributed by atoms with Crippen LogP contribution in [0.1, 0.15) is 96.7 Å². The standard InChI is InChI=1S/C25H33NO6S/c1-14(2)18-11-20(15(3)4)23(21(12-18)16(5)6)33(29,30)26-22-13-17(24(27)31-7)9-10-19(22)25(28)32-8/h9-16,26H,1-8H3. The lowest BCUT2D eigenvalue weighted by atomic mass is 9.89. The van der Waals surface area contributed by atoms with E-state index < -0.39 is 22.0 Å². The fraction of sp³-hybridized carbons (Fsp3) is 0.440. The van der Waals surface area contributed by atoms with Crippen LogP contribution in [0.3, 0.4) is 0 Å². The first-order valence-electron chi connectivity index (χ1n) is 10.8. The summed E-state index contributed by atoms with van der Waals surface area (Å²) in [7, 11) is -1.71. The summed E-state index contributed by atoms with van der Waals surface area (Å²) in [6.45, 7) is 11.9. The molecule has 0 saturated carbocycles. The highest BCUT2D eigenvalue weighted by molar-refractivity contribution is 7.92. The van der Waals surface area contributed by atoms with Crippen molar-refractivity contribution in [2.75, 3.05) is 18.9 Å². The molecule has 0 aliphatic carbocycles. The van der Waals surface area contributed by atoms with Crippen molar-refractivity contribution in [3.8, 4) is 0 Å². The average Bonchev–Trinajstić information content (AvgIpc) is 2.76. The van der Waals surface area contributed by atoms with E-state index in [2.05, 4.69) is 18.6 Å². The Balaban J connectivity index is 2.78. The number of rotatable bonds is 8. The summed E-state index contributed by atoms with van der Waals surface area (Å²) in [6, 6.07) is 7.86. The maximum Gasteiger partial charge on any atom is 0.339 e. The normalized spacial score (nSPS) is 11.7. The number of hydrogen-bond donors (Lipinski definition) is 1. The van der Waals surface area contributed by atoms with Gasteiger partial charge >= 0.3 is 11.9 Å². The van der Waals surface area contributed by atoms with Gasteiger partial charge in [0, 0.05) is 0 Å². The van der Waals surface area contributed by atoms with Gasteiger partial charge in [0.15, 0.2) is 0 Å². The van der Waals surface area contributed by atoms with Crippen LogP contribution in [0.2, 0.25) is 0 Å². The first-order chi connectivity index (χ1) is 15.3. The van der Waals surface area contributed by atoms with Crippen molar-refractivity contribution in [3.05, 3.63) is 58.1 Å². The second-order valence-electron chi connectivity index (χ2n) is 8.84. The Hall–Kier alpha value is -2.87. The molecule has 8 heteroatoms. The van der Waals surface area contributed by atoms with Crippen molar-refractivity contribution >= 4 is 27.6 Å². The SMILES string of the molecule is COC(=O)c1ccc(C(=O)OC)c(NS(=O)(=O)c2c(C(C)C)cc(C(C)C)cc2C(C)C)c1. The van der Waals surface area contributed by atoms with E-state index in [0.29, 0.717) is 11.1 Å². The summed E-state index contributed by atoms with van der Waals surface area (Å²) in [5.41, 5.74) is 2.49. The van der Waals surface area contributed by atoms with Crippen molar-refractivity contribution in [1.82, 2.24) is 0 Å². The summed E-state index contributed by atoms with van der Waals surface area (Å²) in [4.78, 5) is 24.5. The van der Waals surface area contributed by atoms with E-state index in [0.717, 1.165) is 5.56 Å². The molecular formula is C25H33NO6S. The molecule has 0 unspecified atom stereocenters. The molecule has 7 nitrogen and oxygen atoms in total. The lowest BCUT2D eigenvalue weighted by Crippen LogP contribution is -2.21. The summed E-state index contributed by atoms with van der Waals surface area (Å²) in [5.74, 6) is -1.28. The lowest BCUT2D eigenvalue weighted by Gasteiger charge is -2.23. The molecule has 0 radical (unpaired) electrons. The van der Waals surface area contributed by atoms with E-state index in [4.69, 9.17) is 9.47 Å². The van der Waals surface area contributed by atoms with Crippen molar-refractivity contribution in [3.63, 3.8) is 0 Å². The predicted octanol–water partition coefficient (Wildman–Crippen LogP) is 5.43. The zero-order chi connectivity index (χ0) is 25.1. The first kappa shape index (κ1) is 26.4. The summed E-state index contributed by atoms with van der Waals surface area (Å²) in [6.07, 6.45) is 0. The van der Waals surface area contributed by atoms with E-state index in [1.54, 1.807) is 0 Å². The third-order valence-electron chi connectivity index (χ3n) is 5.44. The fourth-order valence-electron chi connectivity index (χ4n) is 3.56. The Morgan fingerprint density at radius 2 is 1.30 bits per heavy atom. The van der Waals surface area contributed by atoms with Gasteiger partial charge in [-0.15, -0.1) is 0 Å². The monoisotopic (exact) mass is 475 g/mol. The maximum absolute atomic E-state index is 13.8. The predicted molar refractivity (Wildman–Crippen MR) is 129 cm³/mol. The Kier molecular flexibility index (Phi) is 8.30. The van der Waals surface area contributed by atoms with Crippen LogP contribution in [0.5, 0.6) is 0 Å². The van der Waals surface area contributed by atoms with E-state index >= 15 is 0 Å². The van der Waals surface area contributed by atoms with Crippen LogP contribution in [0.15, 0.2) is 35.2 Å². The zero-order valence-electron chi connectivity index (χ0n) is 20.5. The summed E-state index contributed by atoms with van der Waals surface area (Å²) in [5, 5.41) is 0. The molecule has 0 spiro atoms. The first-order valence-corrected chi connectivity index (χ1v) is 12.3. The van der Waals surface area contributed by atoms with Gasteiger partial charge in [0.25, 0.3) is 10.0 Å². The van der Waals surface area contributed by atoms with E-state index in [9.17, 15) is 18.0 Å². The van der Waals surface area contributed by atoms with Crippen LogP contribution in [0.4, 0.5) is 5.69 Å². The number of sulfonamides is 1. The summed E-state index contributed by atoms with van der Waals surface area (Å²) >= 11 is 0. The van der Waals surface area contributed by atoms with Crippen LogP contribution in [0, 0.1) is 0 Å². The van der Waals surface area contributed by atoms with Crippen molar-refractivity contribution in [2.24, 2.45) is 0 Å². The molecule has 0 amide bonds. The largest absolute Gasteiger partial charge is 0.465 e. The zero-order valence-corrected chi connectivity index (χ0v) is 21.3. The van der Waals surface area contributed by atoms with Gasteiger partial charge < -0.3 is 9.47 Å². The molecule has 2 aromatic carbocycles. The molecule has 0 atom stereocenters. The Bertz CT molecular complexity index is 1120. The minimum absolute atomic E-state index is 0.00952. The molecule has 0 aliphatic rings. The topological polar surface area (TPSA) is 98.8 Å². The number of carbonyl (C=O) groups is 2. The smallest absolute Gasteiger partial charge is 0.339 e. The van der Waals surface area contributed by atoms with Gasteiger partial charge in [0.05, 0.1) is 35.9 Å². The van der Waals surface area contributed by atoms with Crippen molar-refractivity contribution in [2.45, 2.75) is 64.2 Å². The van der Waals surface area contributed by atoms with Crippen LogP contribution < -0.4 is 4.72 Å². The summed E-state index contributed by atoms with van der Waals surface area (Å²) < 4.78 is 39.6. The third-order valence-corrected chi connectivity index (χ3v) is 6.94. The fourth-order valence-corrected chi connectivity index (χ4v) is 5.33. The molecule has 2 rings (SSSR count). The van der Waals surface area contributed by atoms with Crippen LogP contribution in [0.25, 0.3) is 0 Å². The average molecular weight is 476 g/mol. The van der Waals surface area contributed by atoms with Gasteiger partial charge in [-0.1, -0.05) is 53.7 Å². The molecule has 33 heavy (non-hydrogen) atoms. The molecular weight excluding hydrogens is 442 g/mol. The van der Waals surface area contributed by atoms with Gasteiger partial charge in [0.1, 0.15) is 0 Å². The number of hydrogen-bond acceptors (Lipinski definition) is 6. The molecule has 0 bridgehead atoms. The number of nitrogens with one attached hydrogen (secondary N) is 1. The number of methoxy groups -OCH3 is 2. The third kappa shape index (κ3) is 5.74. The molecule has 0 fully saturated rings. The van der Waals surface area contributed by atoms with Crippen molar-refractivity contribution < 1.29 is 27.5 Å². The second-order valence-corrected chi connectivity index (χ2v) is 10.5. The molecule has 0 aromatic heterocycles. The molecule has 1 N–H and O–H groups in total. The van der Waals surface area contributed by atoms with Crippen LogP contribution >= 0.6 is 0 Å². The van der Waals surface area contributed by atoms with Gasteiger partial charge in [-0.25, -0.2) is 18.0 Å². The highest BCUT2D eigenvalue weighted by atomic mass is 32.2. The highest BCUT2D eigenvalue weighted by Gasteiger charge is 2.29. The number of anilines is 1. The van der Waals surface area contributed by atoms with E-state index in [-0.39, 0.29) is 39.5 Å². The van der Waals surface area contributed by atoms with Gasteiger partial charge in [-0.05, 0) is 52.6 Å². The van der Waals surface area contributed by atoms with Gasteiger partial charge in [0.2, 0.25) is 0 Å². The Morgan fingerprint density at radius 3 is 1.73 bits per heavy atom. The Labute approximate surface area is 196 Å². The van der Waals surface area contributed by atoms with Crippen LogP contribution in [-0.4, -0.2) is 34.6 Å². The van der Waals surface area contributed by atoms with Gasteiger partial charge in [-0.3, -0.25) is 4.72 Å². The molecule has 0 aliphatic heterocycles. The van der Waals surface area contributed by atoms with Crippen LogP contribution in [-0.2, 0) is 19.5 Å². The van der Waals surface area contributed by atoms with E-state index in [1.165, 1.54) is 32.4 Å². The van der Waals surface area contributed by atoms with Gasteiger partial charge in [-0.2, -0.15) is 0 Å². The molecule has 0 heterocycles. The highest BCUT2D eigenvalue weighted by Crippen LogP contribution is 2.36.